The van der Waals surface area contributed by atoms with E-state index in [4.69, 9.17) is 0 Å². The van der Waals surface area contributed by atoms with Crippen molar-refractivity contribution in [1.29, 1.82) is 0 Å². The number of rotatable bonds is 3. The highest BCUT2D eigenvalue weighted by atomic mass is 19.3. The molecule has 0 atom stereocenters. The Balaban J connectivity index is 1.97. The van der Waals surface area contributed by atoms with Crippen molar-refractivity contribution >= 4 is 0 Å². The van der Waals surface area contributed by atoms with Crippen LogP contribution in [0.4, 0.5) is 8.78 Å². The van der Waals surface area contributed by atoms with Crippen molar-refractivity contribution in [3.63, 3.8) is 0 Å². The van der Waals surface area contributed by atoms with Crippen LogP contribution in [0.2, 0.25) is 0 Å². The third-order valence-electron chi connectivity index (χ3n) is 3.59. The summed E-state index contributed by atoms with van der Waals surface area (Å²) in [6.45, 7) is 6.47. The third-order valence-corrected chi connectivity index (χ3v) is 3.59. The van der Waals surface area contributed by atoms with Gasteiger partial charge in [-0.2, -0.15) is 0 Å². The summed E-state index contributed by atoms with van der Waals surface area (Å²) in [5.41, 5.74) is 0.612. The Morgan fingerprint density at radius 2 is 1.83 bits per heavy atom. The average molecular weight is 255 g/mol. The van der Waals surface area contributed by atoms with Crippen molar-refractivity contribution in [2.45, 2.75) is 45.1 Å². The number of halogens is 2. The van der Waals surface area contributed by atoms with Crippen molar-refractivity contribution in [3.8, 4) is 0 Å². The molecule has 1 fully saturated rings. The fourth-order valence-corrected chi connectivity index (χ4v) is 2.38. The summed E-state index contributed by atoms with van der Waals surface area (Å²) >= 11 is 0. The normalized spacial score (nSPS) is 18.8. The zero-order valence-electron chi connectivity index (χ0n) is 10.8. The minimum atomic E-state index is -2.53. The lowest BCUT2D eigenvalue weighted by atomic mass is 9.93. The molecular formula is C13H19F2N3. The van der Waals surface area contributed by atoms with E-state index >= 15 is 0 Å². The maximum absolute atomic E-state index is 12.4. The van der Waals surface area contributed by atoms with Gasteiger partial charge in [0.25, 0.3) is 6.43 Å². The highest BCUT2D eigenvalue weighted by molar-refractivity contribution is 5.09. The number of hydrogen-bond acceptors (Lipinski definition) is 3. The molecular weight excluding hydrogens is 236 g/mol. The molecule has 1 saturated heterocycles. The number of piperidine rings is 1. The maximum atomic E-state index is 12.4. The number of hydrogen-bond donors (Lipinski definition) is 0. The second-order valence-corrected chi connectivity index (χ2v) is 5.07. The molecule has 100 valence electrons. The van der Waals surface area contributed by atoms with Gasteiger partial charge in [0.2, 0.25) is 0 Å². The molecule has 0 spiro atoms. The van der Waals surface area contributed by atoms with Gasteiger partial charge in [-0.15, -0.1) is 0 Å². The highest BCUT2D eigenvalue weighted by Crippen LogP contribution is 2.27. The van der Waals surface area contributed by atoms with E-state index in [9.17, 15) is 8.78 Å². The molecule has 0 radical (unpaired) electrons. The first-order valence-corrected chi connectivity index (χ1v) is 6.42. The Kier molecular flexibility index (Phi) is 4.22. The van der Waals surface area contributed by atoms with Crippen LogP contribution in [0, 0.1) is 0 Å². The molecule has 0 unspecified atom stereocenters. The largest absolute Gasteiger partial charge is 0.301 e. The molecule has 3 nitrogen and oxygen atoms in total. The molecule has 2 heterocycles. The predicted octanol–water partition coefficient (Wildman–Crippen LogP) is 3.00. The first-order valence-electron chi connectivity index (χ1n) is 6.42. The minimum absolute atomic E-state index is 0.238. The molecule has 0 amide bonds. The van der Waals surface area contributed by atoms with Crippen molar-refractivity contribution in [1.82, 2.24) is 14.9 Å². The van der Waals surface area contributed by atoms with E-state index in [0.29, 0.717) is 12.0 Å². The van der Waals surface area contributed by atoms with Crippen molar-refractivity contribution < 1.29 is 8.78 Å². The Morgan fingerprint density at radius 1 is 1.17 bits per heavy atom. The zero-order chi connectivity index (χ0) is 13.1. The summed E-state index contributed by atoms with van der Waals surface area (Å²) in [7, 11) is 0. The zero-order valence-corrected chi connectivity index (χ0v) is 10.8. The van der Waals surface area contributed by atoms with Crippen molar-refractivity contribution in [2.24, 2.45) is 0 Å². The maximum Gasteiger partial charge on any atom is 0.281 e. The molecule has 0 aliphatic carbocycles. The summed E-state index contributed by atoms with van der Waals surface area (Å²) in [5.74, 6) is 0.360. The van der Waals surface area contributed by atoms with Gasteiger partial charge in [-0.05, 0) is 39.8 Å². The Labute approximate surface area is 106 Å². The van der Waals surface area contributed by atoms with E-state index in [-0.39, 0.29) is 5.69 Å². The lowest BCUT2D eigenvalue weighted by Crippen LogP contribution is -2.38. The van der Waals surface area contributed by atoms with Crippen LogP contribution in [0.1, 0.15) is 50.4 Å². The summed E-state index contributed by atoms with van der Waals surface area (Å²) in [6, 6.07) is 0.568. The number of alkyl halides is 2. The molecule has 5 heteroatoms. The fraction of sp³-hybridized carbons (Fsp3) is 0.692. The van der Waals surface area contributed by atoms with E-state index in [1.165, 1.54) is 12.4 Å². The van der Waals surface area contributed by atoms with Crippen LogP contribution in [0.15, 0.2) is 12.4 Å². The van der Waals surface area contributed by atoms with E-state index in [1.807, 2.05) is 0 Å². The van der Waals surface area contributed by atoms with Gasteiger partial charge in [0.1, 0.15) is 5.69 Å². The molecule has 0 aromatic carbocycles. The number of aromatic nitrogens is 2. The van der Waals surface area contributed by atoms with Gasteiger partial charge in [0.05, 0.1) is 11.9 Å². The van der Waals surface area contributed by atoms with Gasteiger partial charge in [0, 0.05) is 18.2 Å². The van der Waals surface area contributed by atoms with E-state index < -0.39 is 6.43 Å². The quantitative estimate of drug-likeness (QED) is 0.831. The van der Waals surface area contributed by atoms with Gasteiger partial charge in [-0.3, -0.25) is 9.97 Å². The third kappa shape index (κ3) is 3.02. The predicted molar refractivity (Wildman–Crippen MR) is 65.7 cm³/mol. The van der Waals surface area contributed by atoms with Crippen molar-refractivity contribution in [3.05, 3.63) is 23.8 Å². The van der Waals surface area contributed by atoms with Crippen LogP contribution in [-0.2, 0) is 0 Å². The molecule has 1 aliphatic rings. The summed E-state index contributed by atoms with van der Waals surface area (Å²) in [5, 5.41) is 0. The minimum Gasteiger partial charge on any atom is -0.301 e. The smallest absolute Gasteiger partial charge is 0.281 e. The van der Waals surface area contributed by atoms with Gasteiger partial charge < -0.3 is 4.90 Å². The molecule has 1 aromatic heterocycles. The van der Waals surface area contributed by atoms with Gasteiger partial charge in [-0.25, -0.2) is 8.78 Å². The van der Waals surface area contributed by atoms with Crippen LogP contribution in [-0.4, -0.2) is 34.0 Å². The standard InChI is InChI=1S/C13H19F2N3/c1-9(2)18-5-3-10(4-6-18)11-7-17-12(8-16-11)13(14)15/h7-10,13H,3-6H2,1-2H3. The molecule has 18 heavy (non-hydrogen) atoms. The molecule has 0 N–H and O–H groups in total. The summed E-state index contributed by atoms with van der Waals surface area (Å²) in [6.07, 6.45) is 2.24. The van der Waals surface area contributed by atoms with E-state index in [1.54, 1.807) is 0 Å². The molecule has 1 aliphatic heterocycles. The van der Waals surface area contributed by atoms with Crippen LogP contribution in [0.5, 0.6) is 0 Å². The van der Waals surface area contributed by atoms with Crippen LogP contribution in [0.3, 0.4) is 0 Å². The molecule has 0 saturated carbocycles. The molecule has 0 bridgehead atoms. The fourth-order valence-electron chi connectivity index (χ4n) is 2.38. The summed E-state index contributed by atoms with van der Waals surface area (Å²) < 4.78 is 24.7. The Bertz CT molecular complexity index is 370. The Hall–Kier alpha value is -1.10. The Morgan fingerprint density at radius 3 is 2.28 bits per heavy atom. The first kappa shape index (κ1) is 13.3. The highest BCUT2D eigenvalue weighted by Gasteiger charge is 2.23. The molecule has 2 rings (SSSR count). The number of likely N-dealkylation sites (tertiary alicyclic amines) is 1. The first-order chi connectivity index (χ1) is 8.58. The second kappa shape index (κ2) is 5.69. The average Bonchev–Trinajstić information content (AvgIpc) is 2.39. The summed E-state index contributed by atoms with van der Waals surface area (Å²) in [4.78, 5) is 10.3. The van der Waals surface area contributed by atoms with E-state index in [2.05, 4.69) is 28.7 Å². The van der Waals surface area contributed by atoms with Crippen LogP contribution < -0.4 is 0 Å². The van der Waals surface area contributed by atoms with Crippen LogP contribution in [0.25, 0.3) is 0 Å². The van der Waals surface area contributed by atoms with Gasteiger partial charge >= 0.3 is 0 Å². The SMILES string of the molecule is CC(C)N1CCC(c2cnc(C(F)F)cn2)CC1. The molecule has 1 aromatic rings. The van der Waals surface area contributed by atoms with Gasteiger partial charge in [0.15, 0.2) is 0 Å². The lowest BCUT2D eigenvalue weighted by molar-refractivity contribution is 0.145. The monoisotopic (exact) mass is 255 g/mol. The number of nitrogens with zero attached hydrogens (tertiary/aromatic N) is 3. The second-order valence-electron chi connectivity index (χ2n) is 5.07. The van der Waals surface area contributed by atoms with Crippen molar-refractivity contribution in [2.75, 3.05) is 13.1 Å². The van der Waals surface area contributed by atoms with Crippen LogP contribution >= 0.6 is 0 Å². The van der Waals surface area contributed by atoms with E-state index in [0.717, 1.165) is 31.6 Å². The lowest BCUT2D eigenvalue weighted by Gasteiger charge is -2.34. The van der Waals surface area contributed by atoms with Gasteiger partial charge in [-0.1, -0.05) is 0 Å². The topological polar surface area (TPSA) is 29.0 Å².